The van der Waals surface area contributed by atoms with Crippen LogP contribution in [-0.2, 0) is 4.79 Å². The Morgan fingerprint density at radius 1 is 0.833 bits per heavy atom. The lowest BCUT2D eigenvalue weighted by molar-refractivity contribution is -0.114. The fraction of sp³-hybridized carbons (Fsp3) is 0. The molecular weight excluding hydrogens is 464 g/mol. The number of nitriles is 1. The van der Waals surface area contributed by atoms with E-state index in [-0.39, 0.29) is 33.9 Å². The van der Waals surface area contributed by atoms with E-state index in [1.807, 2.05) is 0 Å². The highest BCUT2D eigenvalue weighted by molar-refractivity contribution is 6.29. The van der Waals surface area contributed by atoms with E-state index in [9.17, 15) is 29.9 Å². The van der Waals surface area contributed by atoms with Crippen LogP contribution < -0.4 is 11.2 Å². The Balaban J connectivity index is 2.25. The van der Waals surface area contributed by atoms with Crippen LogP contribution in [0.25, 0.3) is 5.57 Å². The van der Waals surface area contributed by atoms with Crippen molar-refractivity contribution < 1.29 is 24.6 Å². The monoisotopic (exact) mass is 482 g/mol. The lowest BCUT2D eigenvalue weighted by Gasteiger charge is -2.11. The first-order valence-electron chi connectivity index (χ1n) is 10.2. The number of nitrogens with zero attached hydrogens (tertiary/aromatic N) is 4. The van der Waals surface area contributed by atoms with Crippen molar-refractivity contribution in [2.75, 3.05) is 5.43 Å². The van der Waals surface area contributed by atoms with Gasteiger partial charge in [0.25, 0.3) is 5.91 Å². The van der Waals surface area contributed by atoms with E-state index in [0.717, 1.165) is 0 Å². The third kappa shape index (κ3) is 5.83. The van der Waals surface area contributed by atoms with Crippen LogP contribution >= 0.6 is 0 Å². The Hall–Kier alpha value is -5.63. The van der Waals surface area contributed by atoms with E-state index in [1.54, 1.807) is 48.5 Å². The zero-order valence-corrected chi connectivity index (χ0v) is 18.5. The van der Waals surface area contributed by atoms with Gasteiger partial charge in [-0.2, -0.15) is 10.4 Å². The number of carbonyl (C=O) groups is 3. The van der Waals surface area contributed by atoms with Crippen LogP contribution in [0.5, 0.6) is 0 Å². The SMILES string of the molecule is N#C/C(C(N)=O)=C(\C(N=Nc1ccccc1C(=O)O)=N/Nc1ccccc1C(=O)O)c1ccccc1. The summed E-state index contributed by atoms with van der Waals surface area (Å²) in [5, 5.41) is 40.7. The van der Waals surface area contributed by atoms with E-state index < -0.39 is 23.4 Å². The zero-order chi connectivity index (χ0) is 26.1. The average molecular weight is 482 g/mol. The second-order valence-electron chi connectivity index (χ2n) is 7.01. The van der Waals surface area contributed by atoms with Crippen molar-refractivity contribution in [2.24, 2.45) is 21.1 Å². The van der Waals surface area contributed by atoms with Crippen molar-refractivity contribution in [2.45, 2.75) is 0 Å². The molecule has 1 amide bonds. The first-order valence-corrected chi connectivity index (χ1v) is 10.2. The van der Waals surface area contributed by atoms with Crippen molar-refractivity contribution in [1.29, 1.82) is 5.26 Å². The fourth-order valence-corrected chi connectivity index (χ4v) is 3.08. The molecular formula is C25H18N6O5. The number of carboxylic acid groups (broad SMARTS) is 2. The van der Waals surface area contributed by atoms with Crippen molar-refractivity contribution >= 4 is 40.6 Å². The Bertz CT molecular complexity index is 1460. The van der Waals surface area contributed by atoms with Gasteiger partial charge in [-0.15, -0.1) is 10.2 Å². The van der Waals surface area contributed by atoms with Gasteiger partial charge in [-0.25, -0.2) is 9.59 Å². The maximum absolute atomic E-state index is 12.1. The van der Waals surface area contributed by atoms with Gasteiger partial charge in [-0.3, -0.25) is 10.2 Å². The first kappa shape index (κ1) is 25.0. The van der Waals surface area contributed by atoms with Gasteiger partial charge in [0, 0.05) is 0 Å². The van der Waals surface area contributed by atoms with Gasteiger partial charge in [0.1, 0.15) is 17.3 Å². The molecule has 5 N–H and O–H groups in total. The summed E-state index contributed by atoms with van der Waals surface area (Å²) in [4.78, 5) is 35.3. The highest BCUT2D eigenvalue weighted by atomic mass is 16.4. The molecule has 0 aliphatic rings. The van der Waals surface area contributed by atoms with E-state index in [0.29, 0.717) is 5.56 Å². The number of hydrogen-bond donors (Lipinski definition) is 4. The number of carboxylic acids is 2. The molecule has 0 spiro atoms. The molecule has 0 atom stereocenters. The molecule has 0 saturated heterocycles. The average Bonchev–Trinajstić information content (AvgIpc) is 2.88. The van der Waals surface area contributed by atoms with Crippen LogP contribution in [0, 0.1) is 11.3 Å². The molecule has 0 aromatic heterocycles. The van der Waals surface area contributed by atoms with Gasteiger partial charge in [-0.05, 0) is 29.8 Å². The molecule has 0 aliphatic carbocycles. The molecule has 0 fully saturated rings. The molecule has 0 unspecified atom stereocenters. The van der Waals surface area contributed by atoms with E-state index in [4.69, 9.17) is 5.73 Å². The number of hydrogen-bond acceptors (Lipinski definition) is 7. The normalized spacial score (nSPS) is 11.9. The van der Waals surface area contributed by atoms with Crippen LogP contribution in [-0.4, -0.2) is 33.9 Å². The third-order valence-corrected chi connectivity index (χ3v) is 4.72. The second-order valence-corrected chi connectivity index (χ2v) is 7.01. The molecule has 3 rings (SSSR count). The Morgan fingerprint density at radius 2 is 1.42 bits per heavy atom. The summed E-state index contributed by atoms with van der Waals surface area (Å²) in [5.74, 6) is -3.85. The van der Waals surface area contributed by atoms with Crippen LogP contribution in [0.2, 0.25) is 0 Å². The van der Waals surface area contributed by atoms with Gasteiger partial charge in [0.2, 0.25) is 5.84 Å². The molecule has 0 heterocycles. The molecule has 0 bridgehead atoms. The highest BCUT2D eigenvalue weighted by Crippen LogP contribution is 2.25. The maximum atomic E-state index is 12.1. The van der Waals surface area contributed by atoms with Gasteiger partial charge in [0.05, 0.1) is 22.4 Å². The van der Waals surface area contributed by atoms with Gasteiger partial charge >= 0.3 is 11.9 Å². The largest absolute Gasteiger partial charge is 0.478 e. The van der Waals surface area contributed by atoms with Crippen LogP contribution in [0.4, 0.5) is 11.4 Å². The molecule has 178 valence electrons. The maximum Gasteiger partial charge on any atom is 0.337 e. The number of para-hydroxylation sites is 1. The lowest BCUT2D eigenvalue weighted by Crippen LogP contribution is -2.17. The summed E-state index contributed by atoms with van der Waals surface area (Å²) in [7, 11) is 0. The van der Waals surface area contributed by atoms with Crippen LogP contribution in [0.3, 0.4) is 0 Å². The Kier molecular flexibility index (Phi) is 7.98. The van der Waals surface area contributed by atoms with E-state index >= 15 is 0 Å². The quantitative estimate of drug-likeness (QED) is 0.0929. The van der Waals surface area contributed by atoms with Crippen LogP contribution in [0.1, 0.15) is 26.3 Å². The summed E-state index contributed by atoms with van der Waals surface area (Å²) in [6.45, 7) is 0. The molecule has 3 aromatic carbocycles. The molecule has 36 heavy (non-hydrogen) atoms. The second kappa shape index (κ2) is 11.5. The molecule has 0 saturated carbocycles. The summed E-state index contributed by atoms with van der Waals surface area (Å²) >= 11 is 0. The summed E-state index contributed by atoms with van der Waals surface area (Å²) < 4.78 is 0. The number of primary amides is 1. The minimum Gasteiger partial charge on any atom is -0.478 e. The number of hydrazone groups is 1. The van der Waals surface area contributed by atoms with Gasteiger partial charge in [-0.1, -0.05) is 54.6 Å². The summed E-state index contributed by atoms with van der Waals surface area (Å²) in [5.41, 5.74) is 7.60. The Labute approximate surface area is 204 Å². The van der Waals surface area contributed by atoms with Crippen molar-refractivity contribution in [3.05, 3.63) is 101 Å². The minimum absolute atomic E-state index is 0.0198. The van der Waals surface area contributed by atoms with Gasteiger partial charge in [0.15, 0.2) is 0 Å². The molecule has 11 nitrogen and oxygen atoms in total. The Morgan fingerprint density at radius 3 is 2.03 bits per heavy atom. The smallest absolute Gasteiger partial charge is 0.337 e. The minimum atomic E-state index is -1.25. The van der Waals surface area contributed by atoms with Crippen LogP contribution in [0.15, 0.2) is 99.8 Å². The molecule has 0 radical (unpaired) electrons. The number of amides is 1. The van der Waals surface area contributed by atoms with Crippen molar-refractivity contribution in [3.8, 4) is 6.07 Å². The standard InChI is InChI=1S/C25H18N6O5/c26-14-18(22(27)32)21(15-8-2-1-3-9-15)23(30-28-19-12-6-4-10-16(19)24(33)34)31-29-20-13-7-5-11-17(20)25(35)36/h1-13,28H,(H2,27,32)(H,33,34)(H,35,36)/b21-18+,30-23+,31-29?. The molecule has 3 aromatic rings. The summed E-state index contributed by atoms with van der Waals surface area (Å²) in [6, 6.07) is 21.6. The summed E-state index contributed by atoms with van der Waals surface area (Å²) in [6.07, 6.45) is 0. The number of nitrogens with two attached hydrogens (primary N) is 1. The number of aromatic carboxylic acids is 2. The zero-order valence-electron chi connectivity index (χ0n) is 18.5. The van der Waals surface area contributed by atoms with Crippen molar-refractivity contribution in [1.82, 2.24) is 0 Å². The number of rotatable bonds is 8. The number of azo groups is 1. The topological polar surface area (TPSA) is 191 Å². The number of amidine groups is 1. The predicted octanol–water partition coefficient (Wildman–Crippen LogP) is 4.05. The fourth-order valence-electron chi connectivity index (χ4n) is 3.08. The van der Waals surface area contributed by atoms with E-state index in [1.165, 1.54) is 36.4 Å². The highest BCUT2D eigenvalue weighted by Gasteiger charge is 2.21. The molecule has 0 aliphatic heterocycles. The third-order valence-electron chi connectivity index (χ3n) is 4.72. The first-order chi connectivity index (χ1) is 17.3. The molecule has 11 heteroatoms. The number of nitrogens with one attached hydrogen (secondary N) is 1. The number of anilines is 1. The van der Waals surface area contributed by atoms with Gasteiger partial charge < -0.3 is 15.9 Å². The number of carbonyl (C=O) groups excluding carboxylic acids is 1. The van der Waals surface area contributed by atoms with Crippen molar-refractivity contribution in [3.63, 3.8) is 0 Å². The number of benzene rings is 3. The lowest BCUT2D eigenvalue weighted by atomic mass is 9.99. The van der Waals surface area contributed by atoms with E-state index in [2.05, 4.69) is 20.8 Å². The predicted molar refractivity (Wildman–Crippen MR) is 131 cm³/mol.